The number of aliphatic hydroxyl groups is 1. The first-order valence-electron chi connectivity index (χ1n) is 10.5. The van der Waals surface area contributed by atoms with Crippen molar-refractivity contribution in [2.75, 3.05) is 6.61 Å². The number of ether oxygens (including phenoxy) is 1. The Bertz CT molecular complexity index is 855. The largest absolute Gasteiger partial charge is 0.490 e. The smallest absolute Gasteiger partial charge is 0.380 e. The van der Waals surface area contributed by atoms with Crippen molar-refractivity contribution in [1.29, 1.82) is 0 Å². The molecule has 3 aliphatic carbocycles. The Hall–Kier alpha value is -1.31. The average Bonchev–Trinajstić information content (AvgIpc) is 2.98. The van der Waals surface area contributed by atoms with E-state index >= 15 is 0 Å². The molecule has 0 spiro atoms. The highest BCUT2D eigenvalue weighted by Gasteiger charge is 2.56. The first-order chi connectivity index (χ1) is 13.3. The molecule has 2 fully saturated rings. The van der Waals surface area contributed by atoms with Crippen molar-refractivity contribution in [2.45, 2.75) is 70.8 Å². The number of hydrogen-bond acceptors (Lipinski definition) is 5. The molecule has 0 amide bonds. The Morgan fingerprint density at radius 2 is 1.96 bits per heavy atom. The number of fused-ring (bicyclic) bond motifs is 5. The van der Waals surface area contributed by atoms with Gasteiger partial charge in [-0.2, -0.15) is 13.6 Å². The average molecular weight is 410 g/mol. The number of rotatable bonds is 5. The van der Waals surface area contributed by atoms with Crippen LogP contribution in [-0.4, -0.2) is 26.2 Å². The summed E-state index contributed by atoms with van der Waals surface area (Å²) in [6.45, 7) is 4.50. The van der Waals surface area contributed by atoms with Crippen LogP contribution in [0.5, 0.6) is 11.5 Å². The van der Waals surface area contributed by atoms with Crippen LogP contribution in [0.15, 0.2) is 12.1 Å². The van der Waals surface area contributed by atoms with E-state index in [1.807, 2.05) is 13.0 Å². The third-order valence-corrected chi connectivity index (χ3v) is 8.04. The summed E-state index contributed by atoms with van der Waals surface area (Å²) < 4.78 is 33.6. The van der Waals surface area contributed by atoms with Crippen molar-refractivity contribution < 1.29 is 22.4 Å². The summed E-state index contributed by atoms with van der Waals surface area (Å²) in [5.74, 6) is 2.18. The Morgan fingerprint density at radius 1 is 1.18 bits per heavy atom. The summed E-state index contributed by atoms with van der Waals surface area (Å²) in [5.41, 5.74) is 2.47. The van der Waals surface area contributed by atoms with E-state index in [-0.39, 0.29) is 17.3 Å². The predicted octanol–water partition coefficient (Wildman–Crippen LogP) is 3.27. The van der Waals surface area contributed by atoms with Crippen molar-refractivity contribution >= 4 is 10.3 Å². The van der Waals surface area contributed by atoms with E-state index < -0.39 is 10.3 Å². The molecule has 0 aromatic heterocycles. The van der Waals surface area contributed by atoms with Crippen molar-refractivity contribution in [3.8, 4) is 11.5 Å². The molecule has 4 rings (SSSR count). The molecular formula is C21H31NO5S. The number of benzene rings is 1. The van der Waals surface area contributed by atoms with Crippen LogP contribution in [0.2, 0.25) is 0 Å². The van der Waals surface area contributed by atoms with Crippen LogP contribution in [0.4, 0.5) is 0 Å². The number of aryl methyl sites for hydroxylation is 1. The fourth-order valence-corrected chi connectivity index (χ4v) is 6.87. The van der Waals surface area contributed by atoms with E-state index in [0.717, 1.165) is 50.5 Å². The lowest BCUT2D eigenvalue weighted by atomic mass is 9.54. The van der Waals surface area contributed by atoms with E-state index in [4.69, 9.17) is 14.1 Å². The maximum absolute atomic E-state index is 11.5. The first kappa shape index (κ1) is 20.0. The van der Waals surface area contributed by atoms with Crippen LogP contribution in [0.1, 0.15) is 69.4 Å². The molecule has 0 aliphatic heterocycles. The summed E-state index contributed by atoms with van der Waals surface area (Å²) in [7, 11) is -4.11. The second kappa shape index (κ2) is 7.18. The Kier molecular flexibility index (Phi) is 5.13. The summed E-state index contributed by atoms with van der Waals surface area (Å²) in [6.07, 6.45) is 6.95. The summed E-state index contributed by atoms with van der Waals surface area (Å²) in [4.78, 5) is 0. The van der Waals surface area contributed by atoms with Gasteiger partial charge in [-0.1, -0.05) is 6.92 Å². The number of nitrogens with two attached hydrogens (primary N) is 1. The van der Waals surface area contributed by atoms with Crippen molar-refractivity contribution in [3.05, 3.63) is 23.3 Å². The van der Waals surface area contributed by atoms with Gasteiger partial charge in [0.15, 0.2) is 11.5 Å². The van der Waals surface area contributed by atoms with Gasteiger partial charge in [0.2, 0.25) is 0 Å². The molecule has 28 heavy (non-hydrogen) atoms. The van der Waals surface area contributed by atoms with Gasteiger partial charge in [0.25, 0.3) is 0 Å². The monoisotopic (exact) mass is 409 g/mol. The minimum absolute atomic E-state index is 0.0814. The van der Waals surface area contributed by atoms with Gasteiger partial charge < -0.3 is 14.0 Å². The SMILES string of the molecule is CCOc1cc2c(cc1OS(N)(=O)=O)CCC1C2CC[C@@]2(CC)C1CC[C@H]2O. The molecule has 1 aromatic rings. The molecule has 7 heteroatoms. The predicted molar refractivity (Wildman–Crippen MR) is 107 cm³/mol. The molecule has 0 saturated heterocycles. The highest BCUT2D eigenvalue weighted by atomic mass is 32.2. The van der Waals surface area contributed by atoms with E-state index in [9.17, 15) is 13.5 Å². The molecule has 0 bridgehead atoms. The maximum atomic E-state index is 11.5. The standard InChI is InChI=1S/C21H31NO5S/c1-3-21-10-9-14-15(17(21)7-8-20(21)23)6-5-13-11-19(27-28(22,24)25)18(26-4-2)12-16(13)14/h11-12,14-15,17,20,23H,3-10H2,1-2H3,(H2,22,24,25)/t14?,15?,17?,20-,21+/m1/s1. The molecule has 5 atom stereocenters. The molecule has 0 radical (unpaired) electrons. The zero-order valence-corrected chi connectivity index (χ0v) is 17.5. The minimum atomic E-state index is -4.11. The summed E-state index contributed by atoms with van der Waals surface area (Å²) in [6, 6.07) is 3.77. The minimum Gasteiger partial charge on any atom is -0.490 e. The topological polar surface area (TPSA) is 98.9 Å². The van der Waals surface area contributed by atoms with Gasteiger partial charge in [-0.05, 0) is 98.3 Å². The molecule has 3 N–H and O–H groups in total. The van der Waals surface area contributed by atoms with Gasteiger partial charge in [-0.15, -0.1) is 0 Å². The second-order valence-electron chi connectivity index (χ2n) is 8.64. The van der Waals surface area contributed by atoms with Crippen molar-refractivity contribution in [3.63, 3.8) is 0 Å². The maximum Gasteiger partial charge on any atom is 0.380 e. The fraction of sp³-hybridized carbons (Fsp3) is 0.714. The van der Waals surface area contributed by atoms with Crippen LogP contribution in [-0.2, 0) is 16.7 Å². The Morgan fingerprint density at radius 3 is 2.64 bits per heavy atom. The van der Waals surface area contributed by atoms with Gasteiger partial charge in [0.05, 0.1) is 12.7 Å². The van der Waals surface area contributed by atoms with E-state index in [0.29, 0.717) is 30.1 Å². The van der Waals surface area contributed by atoms with Crippen LogP contribution in [0.3, 0.4) is 0 Å². The van der Waals surface area contributed by atoms with Gasteiger partial charge in [0.1, 0.15) is 0 Å². The third kappa shape index (κ3) is 3.21. The van der Waals surface area contributed by atoms with E-state index in [1.54, 1.807) is 6.07 Å². The quantitative estimate of drug-likeness (QED) is 0.778. The van der Waals surface area contributed by atoms with Crippen LogP contribution >= 0.6 is 0 Å². The highest BCUT2D eigenvalue weighted by molar-refractivity contribution is 7.84. The summed E-state index contributed by atoms with van der Waals surface area (Å²) in [5, 5.41) is 15.8. The van der Waals surface area contributed by atoms with Gasteiger partial charge in [0, 0.05) is 0 Å². The molecule has 0 heterocycles. The van der Waals surface area contributed by atoms with Crippen molar-refractivity contribution in [2.24, 2.45) is 22.4 Å². The normalized spacial score (nSPS) is 34.3. The Balaban J connectivity index is 1.71. The molecule has 6 nitrogen and oxygen atoms in total. The van der Waals surface area contributed by atoms with E-state index in [2.05, 4.69) is 6.92 Å². The zero-order chi connectivity index (χ0) is 20.1. The van der Waals surface area contributed by atoms with Gasteiger partial charge in [-0.3, -0.25) is 0 Å². The molecule has 156 valence electrons. The third-order valence-electron chi connectivity index (χ3n) is 7.62. The van der Waals surface area contributed by atoms with E-state index in [1.165, 1.54) is 5.56 Å². The summed E-state index contributed by atoms with van der Waals surface area (Å²) >= 11 is 0. The lowest BCUT2D eigenvalue weighted by Gasteiger charge is -2.51. The number of aliphatic hydroxyl groups excluding tert-OH is 1. The second-order valence-corrected chi connectivity index (χ2v) is 9.79. The lowest BCUT2D eigenvalue weighted by molar-refractivity contribution is -0.0394. The van der Waals surface area contributed by atoms with Crippen LogP contribution in [0.25, 0.3) is 0 Å². The van der Waals surface area contributed by atoms with Crippen LogP contribution < -0.4 is 14.1 Å². The van der Waals surface area contributed by atoms with Gasteiger partial charge >= 0.3 is 10.3 Å². The molecular weight excluding hydrogens is 378 g/mol. The lowest BCUT2D eigenvalue weighted by Crippen LogP contribution is -2.45. The molecule has 3 unspecified atom stereocenters. The van der Waals surface area contributed by atoms with Gasteiger partial charge in [-0.25, -0.2) is 0 Å². The first-order valence-corrected chi connectivity index (χ1v) is 12.0. The molecule has 3 aliphatic rings. The molecule has 1 aromatic carbocycles. The zero-order valence-electron chi connectivity index (χ0n) is 16.7. The Labute approximate surface area is 167 Å². The fourth-order valence-electron chi connectivity index (χ4n) is 6.49. The van der Waals surface area contributed by atoms with Crippen LogP contribution in [0, 0.1) is 17.3 Å². The van der Waals surface area contributed by atoms with Crippen molar-refractivity contribution in [1.82, 2.24) is 0 Å². The highest BCUT2D eigenvalue weighted by Crippen LogP contribution is 2.62. The molecule has 2 saturated carbocycles. The number of hydrogen-bond donors (Lipinski definition) is 2.